The monoisotopic (exact) mass is 273 g/mol. The highest BCUT2D eigenvalue weighted by atomic mass is 19.2. The van der Waals surface area contributed by atoms with Crippen molar-refractivity contribution in [2.24, 2.45) is 0 Å². The van der Waals surface area contributed by atoms with Crippen molar-refractivity contribution in [2.75, 3.05) is 5.73 Å². The summed E-state index contributed by atoms with van der Waals surface area (Å²) in [5.41, 5.74) is 6.76. The average molecular weight is 273 g/mol. The van der Waals surface area contributed by atoms with Crippen LogP contribution in [0.5, 0.6) is 11.6 Å². The van der Waals surface area contributed by atoms with Crippen LogP contribution in [0.4, 0.5) is 14.5 Å². The summed E-state index contributed by atoms with van der Waals surface area (Å²) in [7, 11) is 0. The summed E-state index contributed by atoms with van der Waals surface area (Å²) >= 11 is 0. The number of nitrogens with zero attached hydrogens (tertiary/aromatic N) is 2. The lowest BCUT2D eigenvalue weighted by Crippen LogP contribution is -1.95. The number of aromatic nitrogens is 2. The third-order valence-electron chi connectivity index (χ3n) is 2.75. The number of nitrogens with two attached hydrogens (primary N) is 1. The fourth-order valence-electron chi connectivity index (χ4n) is 1.80. The van der Waals surface area contributed by atoms with Gasteiger partial charge in [-0.05, 0) is 30.3 Å². The second-order valence-corrected chi connectivity index (χ2v) is 4.11. The van der Waals surface area contributed by atoms with Gasteiger partial charge in [0.15, 0.2) is 11.6 Å². The Morgan fingerprint density at radius 3 is 2.75 bits per heavy atom. The number of anilines is 1. The molecule has 0 unspecified atom stereocenters. The highest BCUT2D eigenvalue weighted by Gasteiger charge is 2.12. The predicted molar refractivity (Wildman–Crippen MR) is 70.4 cm³/mol. The average Bonchev–Trinajstić information content (AvgIpc) is 2.44. The van der Waals surface area contributed by atoms with Crippen LogP contribution in [0.1, 0.15) is 0 Å². The molecule has 2 aromatic carbocycles. The number of hydrogen-bond donors (Lipinski definition) is 1. The Labute approximate surface area is 112 Å². The van der Waals surface area contributed by atoms with Gasteiger partial charge >= 0.3 is 0 Å². The summed E-state index contributed by atoms with van der Waals surface area (Å²) in [6, 6.07) is 8.66. The van der Waals surface area contributed by atoms with Gasteiger partial charge in [0.2, 0.25) is 11.7 Å². The van der Waals surface area contributed by atoms with Crippen molar-refractivity contribution in [2.45, 2.75) is 0 Å². The molecule has 0 spiro atoms. The van der Waals surface area contributed by atoms with Gasteiger partial charge in [-0.15, -0.1) is 0 Å². The van der Waals surface area contributed by atoms with E-state index in [9.17, 15) is 8.78 Å². The first kappa shape index (κ1) is 12.3. The molecular weight excluding hydrogens is 264 g/mol. The first-order valence-corrected chi connectivity index (χ1v) is 5.77. The molecule has 3 aromatic rings. The minimum Gasteiger partial charge on any atom is -0.435 e. The molecule has 2 N–H and O–H groups in total. The van der Waals surface area contributed by atoms with Crippen molar-refractivity contribution in [1.82, 2.24) is 9.97 Å². The number of benzene rings is 2. The minimum absolute atomic E-state index is 0.138. The molecule has 0 fully saturated rings. The molecular formula is C14H9F2N3O. The summed E-state index contributed by atoms with van der Waals surface area (Å²) < 4.78 is 32.1. The molecule has 20 heavy (non-hydrogen) atoms. The third kappa shape index (κ3) is 2.11. The van der Waals surface area contributed by atoms with Crippen LogP contribution in [0.3, 0.4) is 0 Å². The van der Waals surface area contributed by atoms with Crippen LogP contribution in [0.15, 0.2) is 42.7 Å². The largest absolute Gasteiger partial charge is 0.435 e. The van der Waals surface area contributed by atoms with E-state index in [2.05, 4.69) is 9.97 Å². The molecule has 100 valence electrons. The molecule has 4 nitrogen and oxygen atoms in total. The highest BCUT2D eigenvalue weighted by molar-refractivity contribution is 5.85. The Balaban J connectivity index is 2.09. The van der Waals surface area contributed by atoms with E-state index in [1.54, 1.807) is 18.2 Å². The van der Waals surface area contributed by atoms with E-state index in [0.29, 0.717) is 16.6 Å². The lowest BCUT2D eigenvalue weighted by molar-refractivity contribution is 0.408. The zero-order valence-electron chi connectivity index (χ0n) is 10.2. The summed E-state index contributed by atoms with van der Waals surface area (Å²) in [5, 5.41) is 0.561. The molecule has 1 aromatic heterocycles. The van der Waals surface area contributed by atoms with E-state index in [1.807, 2.05) is 0 Å². The minimum atomic E-state index is -1.06. The molecule has 0 aliphatic carbocycles. The zero-order valence-corrected chi connectivity index (χ0v) is 10.2. The predicted octanol–water partition coefficient (Wildman–Crippen LogP) is 3.28. The maximum atomic E-state index is 13.6. The van der Waals surface area contributed by atoms with Gasteiger partial charge in [-0.2, -0.15) is 4.39 Å². The SMILES string of the molecule is Nc1ccc2c(Oc3cccc(F)c3F)ncnc2c1. The number of halogens is 2. The number of rotatable bonds is 2. The van der Waals surface area contributed by atoms with Crippen molar-refractivity contribution in [3.8, 4) is 11.6 Å². The Morgan fingerprint density at radius 2 is 1.90 bits per heavy atom. The molecule has 0 radical (unpaired) electrons. The van der Waals surface area contributed by atoms with Gasteiger partial charge in [0.05, 0.1) is 10.9 Å². The summed E-state index contributed by atoms with van der Waals surface area (Å²) in [4.78, 5) is 7.98. The van der Waals surface area contributed by atoms with Crippen molar-refractivity contribution in [3.63, 3.8) is 0 Å². The van der Waals surface area contributed by atoms with Gasteiger partial charge in [-0.1, -0.05) is 6.07 Å². The molecule has 6 heteroatoms. The number of hydrogen-bond acceptors (Lipinski definition) is 4. The Bertz CT molecular complexity index is 792. The molecule has 1 heterocycles. The second kappa shape index (κ2) is 4.73. The Morgan fingerprint density at radius 1 is 1.05 bits per heavy atom. The summed E-state index contributed by atoms with van der Waals surface area (Å²) in [6.07, 6.45) is 1.27. The molecule has 0 aliphatic rings. The number of nitrogen functional groups attached to an aromatic ring is 1. The smallest absolute Gasteiger partial charge is 0.230 e. The Hall–Kier alpha value is -2.76. The van der Waals surface area contributed by atoms with Gasteiger partial charge in [0, 0.05) is 5.69 Å². The van der Waals surface area contributed by atoms with Gasteiger partial charge in [-0.25, -0.2) is 14.4 Å². The fraction of sp³-hybridized carbons (Fsp3) is 0. The summed E-state index contributed by atoms with van der Waals surface area (Å²) in [5.74, 6) is -2.14. The van der Waals surface area contributed by atoms with Crippen molar-refractivity contribution >= 4 is 16.6 Å². The molecule has 0 bridgehead atoms. The highest BCUT2D eigenvalue weighted by Crippen LogP contribution is 2.29. The van der Waals surface area contributed by atoms with Gasteiger partial charge in [-0.3, -0.25) is 0 Å². The second-order valence-electron chi connectivity index (χ2n) is 4.11. The number of fused-ring (bicyclic) bond motifs is 1. The first-order valence-electron chi connectivity index (χ1n) is 5.77. The van der Waals surface area contributed by atoms with E-state index >= 15 is 0 Å². The Kier molecular flexibility index (Phi) is 2.90. The van der Waals surface area contributed by atoms with Crippen molar-refractivity contribution in [1.29, 1.82) is 0 Å². The molecule has 0 saturated carbocycles. The third-order valence-corrected chi connectivity index (χ3v) is 2.75. The van der Waals surface area contributed by atoms with Crippen LogP contribution >= 0.6 is 0 Å². The lowest BCUT2D eigenvalue weighted by Gasteiger charge is -2.08. The maximum Gasteiger partial charge on any atom is 0.230 e. The normalized spacial score (nSPS) is 10.7. The quantitative estimate of drug-likeness (QED) is 0.728. The van der Waals surface area contributed by atoms with Crippen LogP contribution in [0.25, 0.3) is 10.9 Å². The van der Waals surface area contributed by atoms with E-state index in [0.717, 1.165) is 6.07 Å². The van der Waals surface area contributed by atoms with E-state index < -0.39 is 11.6 Å². The van der Waals surface area contributed by atoms with E-state index in [1.165, 1.54) is 18.5 Å². The number of ether oxygens (including phenoxy) is 1. The van der Waals surface area contributed by atoms with Crippen LogP contribution in [0, 0.1) is 11.6 Å². The van der Waals surface area contributed by atoms with Crippen LogP contribution in [-0.4, -0.2) is 9.97 Å². The zero-order chi connectivity index (χ0) is 14.1. The van der Waals surface area contributed by atoms with E-state index in [4.69, 9.17) is 10.5 Å². The molecule has 0 aliphatic heterocycles. The molecule has 0 amide bonds. The van der Waals surface area contributed by atoms with Crippen molar-refractivity contribution < 1.29 is 13.5 Å². The molecule has 0 saturated heterocycles. The van der Waals surface area contributed by atoms with Gasteiger partial charge in [0.25, 0.3) is 0 Å². The van der Waals surface area contributed by atoms with Gasteiger partial charge < -0.3 is 10.5 Å². The van der Waals surface area contributed by atoms with Crippen LogP contribution < -0.4 is 10.5 Å². The summed E-state index contributed by atoms with van der Waals surface area (Å²) in [6.45, 7) is 0. The topological polar surface area (TPSA) is 61.0 Å². The maximum absolute atomic E-state index is 13.6. The van der Waals surface area contributed by atoms with Crippen molar-refractivity contribution in [3.05, 3.63) is 54.4 Å². The molecule has 0 atom stereocenters. The first-order chi connectivity index (χ1) is 9.65. The van der Waals surface area contributed by atoms with E-state index in [-0.39, 0.29) is 11.6 Å². The van der Waals surface area contributed by atoms with Gasteiger partial charge in [0.1, 0.15) is 6.33 Å². The fourth-order valence-corrected chi connectivity index (χ4v) is 1.80. The molecule has 3 rings (SSSR count). The lowest BCUT2D eigenvalue weighted by atomic mass is 10.2. The van der Waals surface area contributed by atoms with Crippen LogP contribution in [-0.2, 0) is 0 Å². The standard InChI is InChI=1S/C14H9F2N3O/c15-10-2-1-3-12(13(10)16)20-14-9-5-4-8(17)6-11(9)18-7-19-14/h1-7H,17H2. The van der Waals surface area contributed by atoms with Crippen LogP contribution in [0.2, 0.25) is 0 Å².